The Labute approximate surface area is 80.4 Å². The van der Waals surface area contributed by atoms with Gasteiger partial charge in [-0.25, -0.2) is 0 Å². The van der Waals surface area contributed by atoms with Crippen LogP contribution >= 0.6 is 0 Å². The van der Waals surface area contributed by atoms with Crippen LogP contribution in [0.15, 0.2) is 24.3 Å². The molecule has 1 heterocycles. The minimum absolute atomic E-state index is 0.0239. The number of epoxide rings is 1. The van der Waals surface area contributed by atoms with Gasteiger partial charge >= 0.3 is 0 Å². The average molecular weight is 195 g/mol. The molecular formula is C9H9NO4. The van der Waals surface area contributed by atoms with Gasteiger partial charge in [0.25, 0.3) is 5.69 Å². The van der Waals surface area contributed by atoms with Gasteiger partial charge in [-0.05, 0) is 13.0 Å². The third kappa shape index (κ3) is 1.82. The van der Waals surface area contributed by atoms with E-state index in [0.717, 1.165) is 0 Å². The van der Waals surface area contributed by atoms with Crippen LogP contribution in [0.2, 0.25) is 0 Å². The SMILES string of the molecule is CC1OC1Oc1cccc([N+](=O)[O-])c1. The molecule has 0 bridgehead atoms. The van der Waals surface area contributed by atoms with Crippen molar-refractivity contribution in [2.75, 3.05) is 0 Å². The van der Waals surface area contributed by atoms with Gasteiger partial charge in [-0.15, -0.1) is 0 Å². The first-order valence-electron chi connectivity index (χ1n) is 4.23. The van der Waals surface area contributed by atoms with Crippen LogP contribution in [-0.4, -0.2) is 17.3 Å². The Morgan fingerprint density at radius 2 is 2.29 bits per heavy atom. The van der Waals surface area contributed by atoms with Gasteiger partial charge in [0.15, 0.2) is 0 Å². The Morgan fingerprint density at radius 3 is 2.86 bits per heavy atom. The highest BCUT2D eigenvalue weighted by Gasteiger charge is 2.36. The molecule has 0 N–H and O–H groups in total. The zero-order valence-corrected chi connectivity index (χ0v) is 7.54. The van der Waals surface area contributed by atoms with Gasteiger partial charge in [-0.1, -0.05) is 6.07 Å². The fourth-order valence-electron chi connectivity index (χ4n) is 1.09. The van der Waals surface area contributed by atoms with Crippen LogP contribution in [0.25, 0.3) is 0 Å². The molecule has 0 aromatic heterocycles. The molecule has 0 saturated carbocycles. The topological polar surface area (TPSA) is 64.9 Å². The number of hydrogen-bond acceptors (Lipinski definition) is 4. The molecule has 0 amide bonds. The molecule has 0 radical (unpaired) electrons. The Balaban J connectivity index is 2.10. The highest BCUT2D eigenvalue weighted by atomic mass is 16.8. The summed E-state index contributed by atoms with van der Waals surface area (Å²) < 4.78 is 10.3. The minimum Gasteiger partial charge on any atom is -0.462 e. The number of benzene rings is 1. The molecule has 5 nitrogen and oxygen atoms in total. The fourth-order valence-corrected chi connectivity index (χ4v) is 1.09. The lowest BCUT2D eigenvalue weighted by Crippen LogP contribution is -2.01. The summed E-state index contributed by atoms with van der Waals surface area (Å²) in [6.45, 7) is 1.88. The summed E-state index contributed by atoms with van der Waals surface area (Å²) in [6, 6.07) is 6.06. The van der Waals surface area contributed by atoms with Crippen molar-refractivity contribution in [2.45, 2.75) is 19.3 Å². The molecule has 74 valence electrons. The first-order valence-corrected chi connectivity index (χ1v) is 4.23. The Bertz CT molecular complexity index is 366. The van der Waals surface area contributed by atoms with Gasteiger partial charge in [-0.2, -0.15) is 0 Å². The van der Waals surface area contributed by atoms with E-state index in [4.69, 9.17) is 9.47 Å². The number of nitro benzene ring substituents is 1. The Hall–Kier alpha value is -1.62. The summed E-state index contributed by atoms with van der Waals surface area (Å²) in [5.41, 5.74) is 0.0239. The van der Waals surface area contributed by atoms with Crippen molar-refractivity contribution in [1.29, 1.82) is 0 Å². The number of nitrogens with zero attached hydrogens (tertiary/aromatic N) is 1. The van der Waals surface area contributed by atoms with Crippen molar-refractivity contribution in [3.05, 3.63) is 34.4 Å². The summed E-state index contributed by atoms with van der Waals surface area (Å²) in [4.78, 5) is 9.98. The summed E-state index contributed by atoms with van der Waals surface area (Å²) >= 11 is 0. The van der Waals surface area contributed by atoms with Crippen molar-refractivity contribution < 1.29 is 14.4 Å². The van der Waals surface area contributed by atoms with E-state index < -0.39 is 4.92 Å². The second-order valence-electron chi connectivity index (χ2n) is 3.08. The largest absolute Gasteiger partial charge is 0.462 e. The van der Waals surface area contributed by atoms with Gasteiger partial charge in [0.2, 0.25) is 6.29 Å². The van der Waals surface area contributed by atoms with Crippen LogP contribution in [0, 0.1) is 10.1 Å². The highest BCUT2D eigenvalue weighted by molar-refractivity contribution is 5.38. The maximum atomic E-state index is 10.4. The molecule has 1 aromatic rings. The van der Waals surface area contributed by atoms with E-state index in [1.807, 2.05) is 6.92 Å². The van der Waals surface area contributed by atoms with Crippen molar-refractivity contribution in [3.63, 3.8) is 0 Å². The van der Waals surface area contributed by atoms with Gasteiger partial charge in [0.1, 0.15) is 11.9 Å². The fraction of sp³-hybridized carbons (Fsp3) is 0.333. The molecule has 0 aliphatic carbocycles. The first kappa shape index (κ1) is 8.96. The van der Waals surface area contributed by atoms with Gasteiger partial charge in [0.05, 0.1) is 11.0 Å². The summed E-state index contributed by atoms with van der Waals surface area (Å²) in [5.74, 6) is 0.466. The highest BCUT2D eigenvalue weighted by Crippen LogP contribution is 2.27. The normalized spacial score (nSPS) is 24.4. The summed E-state index contributed by atoms with van der Waals surface area (Å²) in [5, 5.41) is 10.4. The Morgan fingerprint density at radius 1 is 1.57 bits per heavy atom. The molecule has 1 fully saturated rings. The number of ether oxygens (including phenoxy) is 2. The van der Waals surface area contributed by atoms with Crippen molar-refractivity contribution in [1.82, 2.24) is 0 Å². The van der Waals surface area contributed by atoms with E-state index >= 15 is 0 Å². The van der Waals surface area contributed by atoms with Crippen LogP contribution in [0.3, 0.4) is 0 Å². The minimum atomic E-state index is -0.454. The summed E-state index contributed by atoms with van der Waals surface area (Å²) in [7, 11) is 0. The quantitative estimate of drug-likeness (QED) is 0.418. The molecule has 5 heteroatoms. The second-order valence-corrected chi connectivity index (χ2v) is 3.08. The lowest BCUT2D eigenvalue weighted by molar-refractivity contribution is -0.384. The lowest BCUT2D eigenvalue weighted by atomic mass is 10.3. The van der Waals surface area contributed by atoms with E-state index in [0.29, 0.717) is 5.75 Å². The van der Waals surface area contributed by atoms with Gasteiger partial charge in [0, 0.05) is 6.07 Å². The summed E-state index contributed by atoms with van der Waals surface area (Å²) in [6.07, 6.45) is -0.175. The molecule has 14 heavy (non-hydrogen) atoms. The van der Waals surface area contributed by atoms with Crippen molar-refractivity contribution in [2.24, 2.45) is 0 Å². The smallest absolute Gasteiger partial charge is 0.273 e. The molecule has 1 aromatic carbocycles. The molecular weight excluding hydrogens is 186 g/mol. The van der Waals surface area contributed by atoms with Crippen LogP contribution in [0.5, 0.6) is 5.75 Å². The van der Waals surface area contributed by atoms with Crippen molar-refractivity contribution in [3.8, 4) is 5.75 Å². The van der Waals surface area contributed by atoms with Gasteiger partial charge in [-0.3, -0.25) is 10.1 Å². The maximum Gasteiger partial charge on any atom is 0.273 e. The third-order valence-electron chi connectivity index (χ3n) is 1.94. The van der Waals surface area contributed by atoms with E-state index in [1.54, 1.807) is 12.1 Å². The number of nitro groups is 1. The van der Waals surface area contributed by atoms with Gasteiger partial charge < -0.3 is 9.47 Å². The molecule has 0 spiro atoms. The maximum absolute atomic E-state index is 10.4. The molecule has 2 atom stereocenters. The van der Waals surface area contributed by atoms with Crippen LogP contribution < -0.4 is 4.74 Å². The first-order chi connectivity index (χ1) is 6.66. The molecule has 2 rings (SSSR count). The number of hydrogen-bond donors (Lipinski definition) is 0. The zero-order valence-electron chi connectivity index (χ0n) is 7.54. The third-order valence-corrected chi connectivity index (χ3v) is 1.94. The monoisotopic (exact) mass is 195 g/mol. The number of rotatable bonds is 3. The number of non-ortho nitro benzene ring substituents is 1. The molecule has 2 unspecified atom stereocenters. The standard InChI is InChI=1S/C9H9NO4/c1-6-9(13-6)14-8-4-2-3-7(5-8)10(11)12/h2-6,9H,1H3. The van der Waals surface area contributed by atoms with E-state index in [2.05, 4.69) is 0 Å². The second kappa shape index (κ2) is 3.26. The van der Waals surface area contributed by atoms with E-state index in [9.17, 15) is 10.1 Å². The van der Waals surface area contributed by atoms with Crippen LogP contribution in [0.4, 0.5) is 5.69 Å². The zero-order chi connectivity index (χ0) is 10.1. The van der Waals surface area contributed by atoms with Crippen molar-refractivity contribution >= 4 is 5.69 Å². The lowest BCUT2D eigenvalue weighted by Gasteiger charge is -2.00. The Kier molecular flexibility index (Phi) is 2.09. The van der Waals surface area contributed by atoms with Crippen LogP contribution in [-0.2, 0) is 4.74 Å². The molecule has 1 aliphatic heterocycles. The molecule has 1 saturated heterocycles. The predicted octanol–water partition coefficient (Wildman–Crippen LogP) is 1.72. The van der Waals surface area contributed by atoms with Crippen LogP contribution in [0.1, 0.15) is 6.92 Å². The average Bonchev–Trinajstić information content (AvgIpc) is 2.82. The molecule has 1 aliphatic rings. The van der Waals surface area contributed by atoms with E-state index in [-0.39, 0.29) is 18.1 Å². The van der Waals surface area contributed by atoms with E-state index in [1.165, 1.54) is 12.1 Å². The predicted molar refractivity (Wildman–Crippen MR) is 48.1 cm³/mol.